The summed E-state index contributed by atoms with van der Waals surface area (Å²) in [5.74, 6) is 0. The third kappa shape index (κ3) is 30.6. The summed E-state index contributed by atoms with van der Waals surface area (Å²) in [7, 11) is -1.65. The van der Waals surface area contributed by atoms with Gasteiger partial charge in [-0.2, -0.15) is 0 Å². The topological polar surface area (TPSA) is 17.1 Å². The van der Waals surface area contributed by atoms with E-state index in [-0.39, 0.29) is 22.3 Å². The van der Waals surface area contributed by atoms with Crippen LogP contribution in [0.15, 0.2) is 0 Å². The first-order valence-corrected chi connectivity index (χ1v) is 4.89. The molecule has 0 aliphatic heterocycles. The molecule has 0 bridgehead atoms. The van der Waals surface area contributed by atoms with Gasteiger partial charge in [0.05, 0.1) is 7.14 Å². The van der Waals surface area contributed by atoms with Crippen LogP contribution in [0.25, 0.3) is 0 Å². The molecule has 0 aliphatic carbocycles. The second kappa shape index (κ2) is 8.23. The molecule has 0 unspecified atom stereocenters. The van der Waals surface area contributed by atoms with Crippen LogP contribution in [0, 0.1) is 0 Å². The van der Waals surface area contributed by atoms with E-state index in [0.29, 0.717) is 0 Å². The van der Waals surface area contributed by atoms with Crippen LogP contribution in [-0.2, 0) is 4.57 Å². The smallest absolute Gasteiger partial charge is 0.0816 e. The molecular formula is C7H23OP. The minimum Gasteiger partial charge on any atom is -0.324 e. The first-order valence-electron chi connectivity index (χ1n) is 2.10. The number of hydrogen-bond donors (Lipinski definition) is 0. The summed E-state index contributed by atoms with van der Waals surface area (Å²) in [4.78, 5) is 0. The average molecular weight is 154 g/mol. The maximum Gasteiger partial charge on any atom is 0.0816 e. The van der Waals surface area contributed by atoms with Gasteiger partial charge in [0.2, 0.25) is 0 Å². The predicted molar refractivity (Wildman–Crippen MR) is 50.2 cm³/mol. The van der Waals surface area contributed by atoms with E-state index in [4.69, 9.17) is 0 Å². The quantitative estimate of drug-likeness (QED) is 0.528. The van der Waals surface area contributed by atoms with Crippen molar-refractivity contribution in [3.63, 3.8) is 0 Å². The summed E-state index contributed by atoms with van der Waals surface area (Å²) in [6.07, 6.45) is 0.826. The first-order chi connectivity index (χ1) is 2.56. The van der Waals surface area contributed by atoms with Crippen molar-refractivity contribution in [1.82, 2.24) is 0 Å². The van der Waals surface area contributed by atoms with Gasteiger partial charge in [0.25, 0.3) is 0 Å². The first kappa shape index (κ1) is 22.9. The Bertz CT molecular complexity index is 73.0. The molecule has 0 saturated heterocycles. The van der Waals surface area contributed by atoms with Crippen molar-refractivity contribution in [2.24, 2.45) is 0 Å². The average Bonchev–Trinajstić information content (AvgIpc) is 1.35. The van der Waals surface area contributed by atoms with Crippen LogP contribution in [0.5, 0.6) is 0 Å². The Morgan fingerprint density at radius 3 is 1.22 bits per heavy atom. The van der Waals surface area contributed by atoms with E-state index < -0.39 is 7.14 Å². The number of rotatable bonds is 1. The molecule has 1 nitrogen and oxygen atoms in total. The molecule has 0 aromatic rings. The van der Waals surface area contributed by atoms with Crippen LogP contribution in [0.1, 0.15) is 29.2 Å². The van der Waals surface area contributed by atoms with Crippen LogP contribution >= 0.6 is 7.14 Å². The molecule has 0 fully saturated rings. The van der Waals surface area contributed by atoms with Crippen LogP contribution < -0.4 is 0 Å². The van der Waals surface area contributed by atoms with E-state index in [1.165, 1.54) is 0 Å². The van der Waals surface area contributed by atoms with Gasteiger partial charge in [0.1, 0.15) is 0 Å². The van der Waals surface area contributed by atoms with E-state index >= 15 is 0 Å². The molecule has 9 heavy (non-hydrogen) atoms. The van der Waals surface area contributed by atoms with Gasteiger partial charge in [-0.25, -0.2) is 0 Å². The third-order valence-corrected chi connectivity index (χ3v) is 2.28. The standard InChI is InChI=1S/C4H11OP.3CH4/c1-4-6(2,3)5;;;/h4H2,1-3H3;3*1H4. The lowest BCUT2D eigenvalue weighted by Gasteiger charge is -1.95. The second-order valence-corrected chi connectivity index (χ2v) is 5.67. The van der Waals surface area contributed by atoms with Gasteiger partial charge < -0.3 is 4.57 Å². The largest absolute Gasteiger partial charge is 0.324 e. The maximum atomic E-state index is 10.6. The zero-order valence-electron chi connectivity index (χ0n) is 4.56. The van der Waals surface area contributed by atoms with Crippen molar-refractivity contribution in [3.05, 3.63) is 0 Å². The molecule has 0 N–H and O–H groups in total. The second-order valence-electron chi connectivity index (χ2n) is 1.89. The van der Waals surface area contributed by atoms with Crippen LogP contribution in [-0.4, -0.2) is 19.5 Å². The molecule has 0 radical (unpaired) electrons. The lowest BCUT2D eigenvalue weighted by atomic mass is 11.0. The molecule has 0 aromatic heterocycles. The van der Waals surface area contributed by atoms with Gasteiger partial charge in [0.15, 0.2) is 0 Å². The van der Waals surface area contributed by atoms with Gasteiger partial charge in [-0.3, -0.25) is 0 Å². The summed E-state index contributed by atoms with van der Waals surface area (Å²) in [5, 5.41) is 0. The van der Waals surface area contributed by atoms with E-state index in [1.807, 2.05) is 6.92 Å². The van der Waals surface area contributed by atoms with Gasteiger partial charge in [-0.05, 0) is 19.5 Å². The van der Waals surface area contributed by atoms with Crippen molar-refractivity contribution in [2.45, 2.75) is 29.2 Å². The van der Waals surface area contributed by atoms with Gasteiger partial charge in [0, 0.05) is 0 Å². The normalized spacial score (nSPS) is 7.89. The van der Waals surface area contributed by atoms with Crippen LogP contribution in [0.4, 0.5) is 0 Å². The van der Waals surface area contributed by atoms with Gasteiger partial charge in [-0.1, -0.05) is 29.2 Å². The molecule has 0 heterocycles. The minimum absolute atomic E-state index is 0. The maximum absolute atomic E-state index is 10.6. The molecule has 0 saturated carbocycles. The highest BCUT2D eigenvalue weighted by atomic mass is 31.2. The Morgan fingerprint density at radius 2 is 1.22 bits per heavy atom. The SMILES string of the molecule is C.C.C.CCP(C)(C)=O. The van der Waals surface area contributed by atoms with Crippen molar-refractivity contribution >= 4 is 7.14 Å². The van der Waals surface area contributed by atoms with Gasteiger partial charge >= 0.3 is 0 Å². The Balaban J connectivity index is -0.0000000417. The van der Waals surface area contributed by atoms with E-state index in [1.54, 1.807) is 13.3 Å². The van der Waals surface area contributed by atoms with E-state index in [2.05, 4.69) is 0 Å². The molecule has 2 heteroatoms. The molecule has 0 aromatic carbocycles. The zero-order chi connectivity index (χ0) is 5.21. The summed E-state index contributed by atoms with van der Waals surface area (Å²) < 4.78 is 10.6. The summed E-state index contributed by atoms with van der Waals surface area (Å²) in [5.41, 5.74) is 0. The molecule has 0 amide bonds. The highest BCUT2D eigenvalue weighted by Crippen LogP contribution is 2.34. The summed E-state index contributed by atoms with van der Waals surface area (Å²) >= 11 is 0. The Hall–Kier alpha value is 0.230. The Morgan fingerprint density at radius 1 is 1.11 bits per heavy atom. The fourth-order valence-corrected chi connectivity index (χ4v) is 0. The molecule has 0 aliphatic rings. The predicted octanol–water partition coefficient (Wildman–Crippen LogP) is 3.54. The van der Waals surface area contributed by atoms with Crippen molar-refractivity contribution in [2.75, 3.05) is 19.5 Å². The Kier molecular flexibility index (Phi) is 20.9. The molecule has 0 rings (SSSR count). The van der Waals surface area contributed by atoms with E-state index in [9.17, 15) is 4.57 Å². The fourth-order valence-electron chi connectivity index (χ4n) is 0. The monoisotopic (exact) mass is 154 g/mol. The van der Waals surface area contributed by atoms with Crippen LogP contribution in [0.3, 0.4) is 0 Å². The third-order valence-electron chi connectivity index (χ3n) is 0.762. The minimum atomic E-state index is -1.65. The molecule has 0 spiro atoms. The van der Waals surface area contributed by atoms with Crippen LogP contribution in [0.2, 0.25) is 0 Å². The molecular weight excluding hydrogens is 131 g/mol. The highest BCUT2D eigenvalue weighted by Gasteiger charge is 1.98. The summed E-state index contributed by atoms with van der Waals surface area (Å²) in [6.45, 7) is 5.54. The molecule has 0 atom stereocenters. The van der Waals surface area contributed by atoms with Crippen molar-refractivity contribution < 1.29 is 4.57 Å². The zero-order valence-corrected chi connectivity index (χ0v) is 5.46. The van der Waals surface area contributed by atoms with E-state index in [0.717, 1.165) is 6.16 Å². The fraction of sp³-hybridized carbons (Fsp3) is 1.00. The highest BCUT2D eigenvalue weighted by molar-refractivity contribution is 7.62. The number of hydrogen-bond acceptors (Lipinski definition) is 1. The Labute approximate surface area is 61.2 Å². The van der Waals surface area contributed by atoms with Crippen molar-refractivity contribution in [3.8, 4) is 0 Å². The molecule has 62 valence electrons. The lowest BCUT2D eigenvalue weighted by molar-refractivity contribution is 0.583. The van der Waals surface area contributed by atoms with Crippen molar-refractivity contribution in [1.29, 1.82) is 0 Å². The lowest BCUT2D eigenvalue weighted by Crippen LogP contribution is -1.74. The summed E-state index contributed by atoms with van der Waals surface area (Å²) in [6, 6.07) is 0. The van der Waals surface area contributed by atoms with Gasteiger partial charge in [-0.15, -0.1) is 0 Å².